The van der Waals surface area contributed by atoms with Gasteiger partial charge in [-0.25, -0.2) is 38.3 Å². The third-order valence-corrected chi connectivity index (χ3v) is 13.8. The summed E-state index contributed by atoms with van der Waals surface area (Å²) in [4.78, 5) is 49.7. The van der Waals surface area contributed by atoms with Gasteiger partial charge >= 0.3 is 12.2 Å². The highest BCUT2D eigenvalue weighted by molar-refractivity contribution is 7.85. The summed E-state index contributed by atoms with van der Waals surface area (Å²) in [5.41, 5.74) is 2.53. The summed E-state index contributed by atoms with van der Waals surface area (Å²) in [6.07, 6.45) is 1.88. The number of carbonyl (C=O) groups is 2. The first-order valence-corrected chi connectivity index (χ1v) is 24.5. The minimum atomic E-state index is -4.02. The number of halogens is 4. The molecular formula is C49H46Cl2F2N10O9S. The summed E-state index contributed by atoms with van der Waals surface area (Å²) in [5, 5.41) is 7.14. The Hall–Kier alpha value is -7.21. The lowest BCUT2D eigenvalue weighted by atomic mass is 9.95. The lowest BCUT2D eigenvalue weighted by molar-refractivity contribution is -0.0603. The first-order valence-electron chi connectivity index (χ1n) is 22.3. The van der Waals surface area contributed by atoms with Crippen LogP contribution >= 0.6 is 23.2 Å². The molecule has 2 amide bonds. The molecule has 4 fully saturated rings. The third kappa shape index (κ3) is 10.4. The molecule has 4 aliphatic heterocycles. The van der Waals surface area contributed by atoms with Crippen LogP contribution in [0.15, 0.2) is 102 Å². The third-order valence-electron chi connectivity index (χ3n) is 12.4. The van der Waals surface area contributed by atoms with Gasteiger partial charge in [0.05, 0.1) is 76.0 Å². The molecule has 0 radical (unpaired) electrons. The van der Waals surface area contributed by atoms with Crippen LogP contribution in [-0.4, -0.2) is 134 Å². The van der Waals surface area contributed by atoms with Crippen molar-refractivity contribution >= 4 is 102 Å². The Labute approximate surface area is 427 Å². The molecule has 2 spiro atoms. The number of carbonyl (C=O) groups excluding carboxylic acids is 2. The quantitative estimate of drug-likeness (QED) is 0.115. The number of likely N-dealkylation sites (N-methyl/N-ethyl adjacent to an activating group) is 2. The predicted octanol–water partition coefficient (Wildman–Crippen LogP) is 8.87. The molecule has 0 saturated carbocycles. The van der Waals surface area contributed by atoms with Crippen molar-refractivity contribution in [3.8, 4) is 11.5 Å². The second-order valence-electron chi connectivity index (χ2n) is 17.9. The number of rotatable bonds is 9. The average Bonchev–Trinajstić information content (AvgIpc) is 3.87. The first-order chi connectivity index (χ1) is 34.8. The zero-order chi connectivity index (χ0) is 52.0. The highest BCUT2D eigenvalue weighted by Gasteiger charge is 2.54. The molecule has 5 aromatic carbocycles. The molecule has 6 heterocycles. The molecule has 0 aliphatic carbocycles. The molecule has 19 nitrogen and oxygen atoms in total. The fourth-order valence-electron chi connectivity index (χ4n) is 9.08. The number of fused-ring (bicyclic) bond motifs is 2. The van der Waals surface area contributed by atoms with Crippen molar-refractivity contribution in [2.75, 3.05) is 88.0 Å². The molecule has 7 aromatic rings. The maximum absolute atomic E-state index is 14.4. The van der Waals surface area contributed by atoms with Crippen molar-refractivity contribution < 1.29 is 50.3 Å². The van der Waals surface area contributed by atoms with Crippen LogP contribution in [-0.2, 0) is 19.6 Å². The molecular weight excluding hydrogens is 1010 g/mol. The summed E-state index contributed by atoms with van der Waals surface area (Å²) in [5.74, 6) is 0.551. The summed E-state index contributed by atoms with van der Waals surface area (Å²) in [6.45, 7) is 5.37. The molecule has 380 valence electrons. The monoisotopic (exact) mass is 1060 g/mol. The summed E-state index contributed by atoms with van der Waals surface area (Å²) >= 11 is 11.8. The highest BCUT2D eigenvalue weighted by atomic mass is 35.5. The number of methoxy groups -OCH3 is 2. The number of amides is 2. The number of anilines is 6. The maximum Gasteiger partial charge on any atom is 0.415 e. The molecule has 73 heavy (non-hydrogen) atoms. The van der Waals surface area contributed by atoms with E-state index in [1.165, 1.54) is 51.1 Å². The van der Waals surface area contributed by atoms with Gasteiger partial charge in [-0.3, -0.25) is 24.2 Å². The smallest absolute Gasteiger partial charge is 0.415 e. The van der Waals surface area contributed by atoms with E-state index in [0.717, 1.165) is 5.56 Å². The highest BCUT2D eigenvalue weighted by Crippen LogP contribution is 2.43. The van der Waals surface area contributed by atoms with Gasteiger partial charge in [0.25, 0.3) is 10.1 Å². The Balaban J connectivity index is 0.000000149. The van der Waals surface area contributed by atoms with Crippen LogP contribution in [0.4, 0.5) is 52.8 Å². The molecule has 11 rings (SSSR count). The van der Waals surface area contributed by atoms with Gasteiger partial charge in [-0.05, 0) is 69.6 Å². The molecule has 2 aromatic heterocycles. The number of aryl methyl sites for hydroxylation is 1. The van der Waals surface area contributed by atoms with E-state index in [-0.39, 0.29) is 26.3 Å². The number of nitrogens with zero attached hydrogens (tertiary/aromatic N) is 8. The molecule has 0 atom stereocenters. The van der Waals surface area contributed by atoms with E-state index in [4.69, 9.17) is 46.7 Å². The number of benzene rings is 5. The van der Waals surface area contributed by atoms with Gasteiger partial charge in [0.2, 0.25) is 0 Å². The number of hydrogen-bond acceptors (Lipinski definition) is 16. The zero-order valence-electron chi connectivity index (χ0n) is 39.7. The van der Waals surface area contributed by atoms with Gasteiger partial charge < -0.3 is 29.6 Å². The van der Waals surface area contributed by atoms with Gasteiger partial charge in [-0.2, -0.15) is 8.42 Å². The van der Waals surface area contributed by atoms with Gasteiger partial charge in [-0.15, -0.1) is 0 Å². The molecule has 0 bridgehead atoms. The number of nitrogens with one attached hydrogen (secondary N) is 2. The Morgan fingerprint density at radius 1 is 0.644 bits per heavy atom. The zero-order valence-corrected chi connectivity index (χ0v) is 42.0. The molecule has 4 aliphatic rings. The average molecular weight is 1060 g/mol. The lowest BCUT2D eigenvalue weighted by Crippen LogP contribution is -2.62. The second kappa shape index (κ2) is 20.0. The Bertz CT molecular complexity index is 3220. The molecule has 0 unspecified atom stereocenters. The lowest BCUT2D eigenvalue weighted by Gasteiger charge is -2.43. The SMILES string of the molecule is COc1cc2ncnc(Nc3cccc(Cl)c3F)c2cc1N1CC2(CN(C)C2)OC1=O.COc1cc2ncnc(Nc3cccc(Cl)c3F)c2cc1N1CC2(CN(C)C2)OC1=O.Cc1ccc(S(=O)(=O)O)cc1. The van der Waals surface area contributed by atoms with Crippen molar-refractivity contribution in [2.45, 2.75) is 23.0 Å². The fraction of sp³-hybridized carbons (Fsp3) is 0.265. The number of hydrogen-bond donors (Lipinski definition) is 3. The van der Waals surface area contributed by atoms with Crippen molar-refractivity contribution in [3.05, 3.63) is 125 Å². The van der Waals surface area contributed by atoms with Gasteiger partial charge in [0.1, 0.15) is 35.8 Å². The van der Waals surface area contributed by atoms with E-state index < -0.39 is 45.1 Å². The molecule has 3 N–H and O–H groups in total. The van der Waals surface area contributed by atoms with Gasteiger partial charge in [-0.1, -0.05) is 53.0 Å². The normalized spacial score (nSPS) is 16.7. The van der Waals surface area contributed by atoms with E-state index >= 15 is 0 Å². The van der Waals surface area contributed by atoms with Crippen LogP contribution in [0.2, 0.25) is 10.0 Å². The first kappa shape index (κ1) is 50.7. The predicted molar refractivity (Wildman–Crippen MR) is 271 cm³/mol. The summed E-state index contributed by atoms with van der Waals surface area (Å²) in [7, 11) is 2.99. The van der Waals surface area contributed by atoms with E-state index in [1.54, 1.807) is 70.5 Å². The topological polar surface area (TPSA) is 214 Å². The molecule has 24 heteroatoms. The van der Waals surface area contributed by atoms with Crippen molar-refractivity contribution in [2.24, 2.45) is 0 Å². The van der Waals surface area contributed by atoms with E-state index in [0.29, 0.717) is 95.6 Å². The van der Waals surface area contributed by atoms with Crippen LogP contribution in [0.5, 0.6) is 11.5 Å². The van der Waals surface area contributed by atoms with Crippen LogP contribution < -0.4 is 29.9 Å². The van der Waals surface area contributed by atoms with E-state index in [9.17, 15) is 26.8 Å². The largest absolute Gasteiger partial charge is 0.494 e. The van der Waals surface area contributed by atoms with Crippen LogP contribution in [0, 0.1) is 18.6 Å². The number of likely N-dealkylation sites (tertiary alicyclic amines) is 2. The molecule has 4 saturated heterocycles. The van der Waals surface area contributed by atoms with Gasteiger partial charge in [0.15, 0.2) is 22.8 Å². The van der Waals surface area contributed by atoms with Crippen molar-refractivity contribution in [1.29, 1.82) is 0 Å². The standard InChI is InChI=1S/2C21H19ClFN5O3.C7H8O3S/c2*1-27-8-21(9-27)10-28(20(29)31-21)16-6-12-15(7-17(16)30-2)24-11-25-19(12)26-14-5-3-4-13(22)18(14)23;1-6-2-4-7(5-3-6)11(8,9)10/h2*3-7,11H,8-10H2,1-2H3,(H,24,25,26);2-5H,1H3,(H,8,9,10). The van der Waals surface area contributed by atoms with Crippen LogP contribution in [0.25, 0.3) is 21.8 Å². The van der Waals surface area contributed by atoms with Crippen molar-refractivity contribution in [3.63, 3.8) is 0 Å². The maximum atomic E-state index is 14.4. The summed E-state index contributed by atoms with van der Waals surface area (Å²) < 4.78 is 80.8. The minimum Gasteiger partial charge on any atom is -0.494 e. The van der Waals surface area contributed by atoms with Crippen LogP contribution in [0.1, 0.15) is 5.56 Å². The minimum absolute atomic E-state index is 0.00120. The second-order valence-corrected chi connectivity index (χ2v) is 20.1. The number of ether oxygens (including phenoxy) is 4. The fourth-order valence-corrected chi connectivity index (χ4v) is 9.91. The van der Waals surface area contributed by atoms with Gasteiger partial charge in [0, 0.05) is 49.1 Å². The number of aromatic nitrogens is 4. The van der Waals surface area contributed by atoms with E-state index in [1.807, 2.05) is 21.0 Å². The van der Waals surface area contributed by atoms with Crippen LogP contribution in [0.3, 0.4) is 0 Å². The Morgan fingerprint density at radius 3 is 1.42 bits per heavy atom. The Morgan fingerprint density at radius 2 is 1.05 bits per heavy atom. The van der Waals surface area contributed by atoms with Crippen molar-refractivity contribution in [1.82, 2.24) is 29.7 Å². The Kier molecular flexibility index (Phi) is 13.9. The summed E-state index contributed by atoms with van der Waals surface area (Å²) in [6, 6.07) is 22.3. The van der Waals surface area contributed by atoms with E-state index in [2.05, 4.69) is 40.4 Å².